The smallest absolute Gasteiger partial charge is 0.232 e. The van der Waals surface area contributed by atoms with Gasteiger partial charge >= 0.3 is 0 Å². The van der Waals surface area contributed by atoms with Crippen LogP contribution < -0.4 is 10.5 Å². The van der Waals surface area contributed by atoms with Crippen molar-refractivity contribution in [3.8, 4) is 11.5 Å². The molecule has 1 aliphatic heterocycles. The molecule has 1 heterocycles. The number of amides is 1. The first kappa shape index (κ1) is 27.2. The van der Waals surface area contributed by atoms with E-state index in [2.05, 4.69) is 23.5 Å². The Bertz CT molecular complexity index is 1050. The van der Waals surface area contributed by atoms with Crippen molar-refractivity contribution in [1.82, 2.24) is 4.90 Å². The summed E-state index contributed by atoms with van der Waals surface area (Å²) >= 11 is 0. The minimum atomic E-state index is -0.792. The lowest BCUT2D eigenvalue weighted by Gasteiger charge is -2.40. The molecule has 3 N–H and O–H groups in total. The van der Waals surface area contributed by atoms with Crippen molar-refractivity contribution in [3.05, 3.63) is 95.8 Å². The molecule has 1 saturated heterocycles. The third-order valence-corrected chi connectivity index (χ3v) is 7.12. The zero-order valence-corrected chi connectivity index (χ0v) is 21.4. The van der Waals surface area contributed by atoms with E-state index in [0.717, 1.165) is 36.7 Å². The van der Waals surface area contributed by atoms with E-state index in [1.165, 1.54) is 32.1 Å². The normalized spacial score (nSPS) is 14.1. The fourth-order valence-corrected chi connectivity index (χ4v) is 4.95. The molecule has 1 aliphatic rings. The van der Waals surface area contributed by atoms with Gasteiger partial charge in [0.2, 0.25) is 5.91 Å². The number of methoxy groups -OCH3 is 1. The van der Waals surface area contributed by atoms with E-state index in [-0.39, 0.29) is 17.2 Å². The van der Waals surface area contributed by atoms with Gasteiger partial charge in [-0.2, -0.15) is 0 Å². The van der Waals surface area contributed by atoms with Crippen molar-refractivity contribution in [3.63, 3.8) is 0 Å². The monoisotopic (exact) mass is 492 g/mol. The number of rotatable bonds is 8. The Hall–Kier alpha value is -3.38. The lowest BCUT2D eigenvalue weighted by molar-refractivity contribution is -0.122. The predicted octanol–water partition coefficient (Wildman–Crippen LogP) is 5.65. The van der Waals surface area contributed by atoms with Crippen LogP contribution in [0.5, 0.6) is 11.5 Å². The van der Waals surface area contributed by atoms with Crippen molar-refractivity contribution >= 4 is 5.91 Å². The average Bonchev–Trinajstić information content (AvgIpc) is 3.42. The minimum absolute atomic E-state index is 0.0563. The van der Waals surface area contributed by atoms with Crippen molar-refractivity contribution in [2.75, 3.05) is 20.2 Å². The molecule has 0 radical (unpaired) electrons. The maximum atomic E-state index is 12.9. The lowest BCUT2D eigenvalue weighted by atomic mass is 9.69. The van der Waals surface area contributed by atoms with Crippen LogP contribution in [0.3, 0.4) is 0 Å². The molecule has 0 spiro atoms. The summed E-state index contributed by atoms with van der Waals surface area (Å²) in [4.78, 5) is 15.4. The number of carbonyl (C=O) groups is 1. The molecule has 4 rings (SSSR count). The highest BCUT2D eigenvalue weighted by Gasteiger charge is 2.42. The van der Waals surface area contributed by atoms with Gasteiger partial charge in [0.1, 0.15) is 17.3 Å². The van der Waals surface area contributed by atoms with Crippen molar-refractivity contribution < 1.29 is 19.0 Å². The zero-order valence-electron chi connectivity index (χ0n) is 21.4. The number of nitrogens with zero attached hydrogens (tertiary/aromatic N) is 1. The number of phenols is 1. The fourth-order valence-electron chi connectivity index (χ4n) is 4.95. The van der Waals surface area contributed by atoms with Gasteiger partial charge in [-0.1, -0.05) is 60.7 Å². The molecule has 0 atom stereocenters. The summed E-state index contributed by atoms with van der Waals surface area (Å²) in [5.74, 6) is -0.585. The molecule has 3 aromatic rings. The van der Waals surface area contributed by atoms with Crippen LogP contribution in [-0.4, -0.2) is 41.7 Å². The van der Waals surface area contributed by atoms with Crippen LogP contribution in [0.1, 0.15) is 50.7 Å². The van der Waals surface area contributed by atoms with E-state index in [1.807, 2.05) is 60.7 Å². The number of carbonyl (C=O) groups excluding carboxylic acids is 1. The molecule has 0 bridgehead atoms. The third-order valence-electron chi connectivity index (χ3n) is 7.12. The van der Waals surface area contributed by atoms with E-state index >= 15 is 0 Å². The predicted molar refractivity (Wildman–Crippen MR) is 142 cm³/mol. The van der Waals surface area contributed by atoms with Gasteiger partial charge in [0.25, 0.3) is 0 Å². The molecular weight excluding hydrogens is 455 g/mol. The molecule has 0 saturated carbocycles. The minimum Gasteiger partial charge on any atom is -0.508 e. The van der Waals surface area contributed by atoms with E-state index in [4.69, 9.17) is 10.8 Å². The first-order valence-electron chi connectivity index (χ1n) is 12.4. The first-order chi connectivity index (χ1) is 17.2. The number of benzene rings is 3. The molecule has 3 aromatic carbocycles. The third kappa shape index (κ3) is 6.43. The number of likely N-dealkylation sites (tertiary alicyclic amines) is 1. The molecule has 36 heavy (non-hydrogen) atoms. The summed E-state index contributed by atoms with van der Waals surface area (Å²) in [5, 5.41) is 8.80. The van der Waals surface area contributed by atoms with E-state index in [0.29, 0.717) is 12.2 Å². The van der Waals surface area contributed by atoms with Crippen LogP contribution in [-0.2, 0) is 10.2 Å². The number of halogens is 1. The quantitative estimate of drug-likeness (QED) is 0.426. The van der Waals surface area contributed by atoms with Crippen LogP contribution in [0.2, 0.25) is 0 Å². The average molecular weight is 493 g/mol. The van der Waals surface area contributed by atoms with Crippen LogP contribution in [0.15, 0.2) is 78.9 Å². The molecule has 6 heteroatoms. The van der Waals surface area contributed by atoms with Crippen LogP contribution in [0, 0.1) is 5.82 Å². The summed E-state index contributed by atoms with van der Waals surface area (Å²) in [5.41, 5.74) is 7.29. The summed E-state index contributed by atoms with van der Waals surface area (Å²) < 4.78 is 17.1. The van der Waals surface area contributed by atoms with Gasteiger partial charge in [-0.25, -0.2) is 4.39 Å². The van der Waals surface area contributed by atoms with Crippen molar-refractivity contribution in [2.45, 2.75) is 50.5 Å². The van der Waals surface area contributed by atoms with Gasteiger partial charge in [-0.05, 0) is 63.7 Å². The van der Waals surface area contributed by atoms with E-state index in [9.17, 15) is 9.18 Å². The van der Waals surface area contributed by atoms with Gasteiger partial charge in [0.05, 0.1) is 12.5 Å². The Morgan fingerprint density at radius 2 is 1.47 bits per heavy atom. The first-order valence-corrected chi connectivity index (χ1v) is 12.4. The number of primary amides is 1. The Labute approximate surface area is 213 Å². The molecule has 0 unspecified atom stereocenters. The van der Waals surface area contributed by atoms with Crippen LogP contribution in [0.4, 0.5) is 4.39 Å². The standard InChI is InChI=1S/C23H30N2O.C7H7FO2/c1-22(2,25-17-9-10-18-25)15-16-23(21(24)26,19-11-5-3-6-12-19)20-13-7-4-8-14-20;1-10-7-3-5(8)2-6(9)4-7/h3-8,11-14H,9-10,15-18H2,1-2H3,(H2,24,26);2-4,9H,1H3. The molecule has 192 valence electrons. The van der Waals surface area contributed by atoms with Gasteiger partial charge in [-0.3, -0.25) is 9.69 Å². The van der Waals surface area contributed by atoms with Gasteiger partial charge in [0.15, 0.2) is 0 Å². The molecule has 1 amide bonds. The highest BCUT2D eigenvalue weighted by Crippen LogP contribution is 2.39. The fraction of sp³-hybridized carbons (Fsp3) is 0.367. The molecule has 0 aliphatic carbocycles. The Morgan fingerprint density at radius 3 is 1.92 bits per heavy atom. The zero-order chi connectivity index (χ0) is 26.2. The van der Waals surface area contributed by atoms with Gasteiger partial charge < -0.3 is 15.6 Å². The number of aromatic hydroxyl groups is 1. The summed E-state index contributed by atoms with van der Waals surface area (Å²) in [7, 11) is 1.41. The molecular formula is C30H37FN2O3. The largest absolute Gasteiger partial charge is 0.508 e. The molecule has 0 aromatic heterocycles. The van der Waals surface area contributed by atoms with E-state index < -0.39 is 11.2 Å². The number of ether oxygens (including phenoxy) is 1. The summed E-state index contributed by atoms with van der Waals surface area (Å²) in [6, 6.07) is 23.6. The second-order valence-electron chi connectivity index (χ2n) is 9.86. The van der Waals surface area contributed by atoms with Gasteiger partial charge in [-0.15, -0.1) is 0 Å². The number of hydrogen-bond donors (Lipinski definition) is 2. The topological polar surface area (TPSA) is 75.8 Å². The number of phenolic OH excluding ortho intramolecular Hbond substituents is 1. The SMILES string of the molecule is CC(C)(CCC(C(N)=O)(c1ccccc1)c1ccccc1)N1CCCC1.COc1cc(O)cc(F)c1. The maximum Gasteiger partial charge on any atom is 0.232 e. The van der Waals surface area contributed by atoms with Crippen molar-refractivity contribution in [1.29, 1.82) is 0 Å². The Balaban J connectivity index is 0.000000303. The second-order valence-corrected chi connectivity index (χ2v) is 9.86. The molecule has 5 nitrogen and oxygen atoms in total. The Morgan fingerprint density at radius 1 is 0.944 bits per heavy atom. The molecule has 1 fully saturated rings. The highest BCUT2D eigenvalue weighted by molar-refractivity contribution is 5.90. The highest BCUT2D eigenvalue weighted by atomic mass is 19.1. The Kier molecular flexibility index (Phi) is 9.10. The summed E-state index contributed by atoms with van der Waals surface area (Å²) in [6.07, 6.45) is 4.16. The van der Waals surface area contributed by atoms with Crippen molar-refractivity contribution in [2.24, 2.45) is 5.73 Å². The lowest BCUT2D eigenvalue weighted by Crippen LogP contribution is -2.47. The second kappa shape index (κ2) is 12.0. The van der Waals surface area contributed by atoms with E-state index in [1.54, 1.807) is 0 Å². The van der Waals surface area contributed by atoms with Gasteiger partial charge in [0, 0.05) is 23.7 Å². The summed E-state index contributed by atoms with van der Waals surface area (Å²) in [6.45, 7) is 6.88. The number of nitrogens with two attached hydrogens (primary N) is 1. The van der Waals surface area contributed by atoms with Crippen LogP contribution >= 0.6 is 0 Å². The number of hydrogen-bond acceptors (Lipinski definition) is 4. The maximum absolute atomic E-state index is 12.9. The van der Waals surface area contributed by atoms with Crippen LogP contribution in [0.25, 0.3) is 0 Å².